The van der Waals surface area contributed by atoms with Gasteiger partial charge in [-0.05, 0) is 81.1 Å². The van der Waals surface area contributed by atoms with E-state index in [-0.39, 0.29) is 6.54 Å². The van der Waals surface area contributed by atoms with Crippen molar-refractivity contribution in [3.05, 3.63) is 77.4 Å². The summed E-state index contributed by atoms with van der Waals surface area (Å²) in [4.78, 5) is 41.3. The third-order valence-corrected chi connectivity index (χ3v) is 6.31. The first-order valence-electron chi connectivity index (χ1n) is 12.7. The molecule has 3 N–H and O–H groups in total. The molecule has 38 heavy (non-hydrogen) atoms. The van der Waals surface area contributed by atoms with Crippen LogP contribution in [-0.4, -0.2) is 52.7 Å². The minimum atomic E-state index is -1.29. The second-order valence-corrected chi connectivity index (χ2v) is 10.2. The van der Waals surface area contributed by atoms with E-state index in [0.29, 0.717) is 11.3 Å². The lowest BCUT2D eigenvalue weighted by Crippen LogP contribution is -2.53. The van der Waals surface area contributed by atoms with E-state index in [0.717, 1.165) is 21.9 Å². The van der Waals surface area contributed by atoms with E-state index >= 15 is 0 Å². The number of likely N-dealkylation sites (N-methyl/N-ethyl adjacent to an activating group) is 1. The molecule has 0 aliphatic rings. The van der Waals surface area contributed by atoms with Crippen LogP contribution in [0.5, 0.6) is 0 Å². The van der Waals surface area contributed by atoms with Crippen LogP contribution in [0.3, 0.4) is 0 Å². The molecule has 0 saturated carbocycles. The average molecular weight is 520 g/mol. The van der Waals surface area contributed by atoms with E-state index in [1.165, 1.54) is 4.90 Å². The largest absolute Gasteiger partial charge is 0.444 e. The van der Waals surface area contributed by atoms with Crippen LogP contribution < -0.4 is 10.6 Å². The third kappa shape index (κ3) is 6.89. The van der Waals surface area contributed by atoms with Crippen LogP contribution in [0, 0.1) is 13.8 Å². The molecule has 0 fully saturated rings. The highest BCUT2D eigenvalue weighted by molar-refractivity contribution is 6.00. The lowest BCUT2D eigenvalue weighted by Gasteiger charge is -2.34. The van der Waals surface area contributed by atoms with Gasteiger partial charge in [-0.25, -0.2) is 4.79 Å². The van der Waals surface area contributed by atoms with Gasteiger partial charge in [-0.1, -0.05) is 48.5 Å². The van der Waals surface area contributed by atoms with Gasteiger partial charge in [-0.2, -0.15) is 0 Å². The van der Waals surface area contributed by atoms with Gasteiger partial charge in [-0.15, -0.1) is 0 Å². The molecule has 3 aromatic carbocycles. The van der Waals surface area contributed by atoms with E-state index in [2.05, 4.69) is 10.6 Å². The number of hydrogen-bond donors (Lipinski definition) is 3. The summed E-state index contributed by atoms with van der Waals surface area (Å²) in [5.74, 6) is -1.00. The van der Waals surface area contributed by atoms with Crippen molar-refractivity contribution >= 4 is 34.4 Å². The van der Waals surface area contributed by atoms with E-state index in [1.807, 2.05) is 74.5 Å². The number of alkyl carbamates (subject to hydrolysis) is 1. The second kappa shape index (κ2) is 12.1. The van der Waals surface area contributed by atoms with Crippen molar-refractivity contribution in [3.63, 3.8) is 0 Å². The van der Waals surface area contributed by atoms with Crippen molar-refractivity contribution in [2.75, 3.05) is 18.5 Å². The van der Waals surface area contributed by atoms with Crippen LogP contribution in [0.2, 0.25) is 0 Å². The van der Waals surface area contributed by atoms with Gasteiger partial charge in [0.1, 0.15) is 17.7 Å². The number of nitrogens with one attached hydrogen (secondary N) is 2. The number of benzene rings is 3. The van der Waals surface area contributed by atoms with Crippen LogP contribution in [0.25, 0.3) is 10.8 Å². The predicted octanol–water partition coefficient (Wildman–Crippen LogP) is 4.87. The molecular formula is C30H37N3O5. The smallest absolute Gasteiger partial charge is 0.408 e. The van der Waals surface area contributed by atoms with E-state index in [4.69, 9.17) is 4.74 Å². The van der Waals surface area contributed by atoms with Crippen LogP contribution in [0.4, 0.5) is 10.5 Å². The van der Waals surface area contributed by atoms with Crippen molar-refractivity contribution in [2.24, 2.45) is 0 Å². The molecular weight excluding hydrogens is 482 g/mol. The average Bonchev–Trinajstić information content (AvgIpc) is 2.86. The standard InChI is InChI=1S/C30H37N3O5/c1-7-33(28(36)25(18-34)32-29(37)38-30(4,5)6)26(24-14-10-11-19(2)20(24)3)27(35)31-23-16-15-21-12-8-9-13-22(21)17-23/h8-17,25-26,34H,7,18H2,1-6H3,(H,31,35)(H,32,37). The van der Waals surface area contributed by atoms with E-state index in [9.17, 15) is 19.5 Å². The Labute approximate surface area is 224 Å². The number of nitrogens with zero attached hydrogens (tertiary/aromatic N) is 1. The maximum absolute atomic E-state index is 13.9. The van der Waals surface area contributed by atoms with Crippen LogP contribution >= 0.6 is 0 Å². The van der Waals surface area contributed by atoms with Gasteiger partial charge in [0, 0.05) is 12.2 Å². The van der Waals surface area contributed by atoms with Crippen molar-refractivity contribution in [1.82, 2.24) is 10.2 Å². The molecule has 0 aliphatic heterocycles. The Balaban J connectivity index is 1.97. The van der Waals surface area contributed by atoms with E-state index < -0.39 is 42.2 Å². The molecule has 2 atom stereocenters. The Kier molecular flexibility index (Phi) is 9.12. The zero-order valence-corrected chi connectivity index (χ0v) is 22.9. The molecule has 0 saturated heterocycles. The first kappa shape index (κ1) is 28.7. The quantitative estimate of drug-likeness (QED) is 0.394. The van der Waals surface area contributed by atoms with Crippen LogP contribution in [0.1, 0.15) is 50.4 Å². The fourth-order valence-corrected chi connectivity index (χ4v) is 4.30. The molecule has 0 bridgehead atoms. The molecule has 0 spiro atoms. The summed E-state index contributed by atoms with van der Waals surface area (Å²) in [5, 5.41) is 17.4. The summed E-state index contributed by atoms with van der Waals surface area (Å²) in [6.45, 7) is 10.2. The van der Waals surface area contributed by atoms with E-state index in [1.54, 1.807) is 27.7 Å². The molecule has 2 unspecified atom stereocenters. The molecule has 0 heterocycles. The second-order valence-electron chi connectivity index (χ2n) is 10.2. The highest BCUT2D eigenvalue weighted by Crippen LogP contribution is 2.29. The lowest BCUT2D eigenvalue weighted by molar-refractivity contribution is -0.141. The monoisotopic (exact) mass is 519 g/mol. The fraction of sp³-hybridized carbons (Fsp3) is 0.367. The number of anilines is 1. The van der Waals surface area contributed by atoms with Gasteiger partial charge in [0.2, 0.25) is 5.91 Å². The molecule has 3 rings (SSSR count). The summed E-state index contributed by atoms with van der Waals surface area (Å²) in [7, 11) is 0. The zero-order valence-electron chi connectivity index (χ0n) is 22.9. The first-order chi connectivity index (χ1) is 17.9. The number of aliphatic hydroxyl groups is 1. The number of hydrogen-bond acceptors (Lipinski definition) is 5. The van der Waals surface area contributed by atoms with Gasteiger partial charge in [0.05, 0.1) is 6.61 Å². The Morgan fingerprint density at radius 2 is 1.66 bits per heavy atom. The highest BCUT2D eigenvalue weighted by atomic mass is 16.6. The molecule has 3 amide bonds. The maximum Gasteiger partial charge on any atom is 0.408 e. The molecule has 0 aromatic heterocycles. The normalized spacial score (nSPS) is 12.9. The highest BCUT2D eigenvalue weighted by Gasteiger charge is 2.36. The minimum Gasteiger partial charge on any atom is -0.444 e. The Hall–Kier alpha value is -3.91. The summed E-state index contributed by atoms with van der Waals surface area (Å²) in [5.41, 5.74) is 2.32. The summed E-state index contributed by atoms with van der Waals surface area (Å²) < 4.78 is 5.26. The molecule has 8 nitrogen and oxygen atoms in total. The Morgan fingerprint density at radius 3 is 2.29 bits per heavy atom. The predicted molar refractivity (Wildman–Crippen MR) is 149 cm³/mol. The van der Waals surface area contributed by atoms with Crippen molar-refractivity contribution in [2.45, 2.75) is 59.2 Å². The van der Waals surface area contributed by atoms with Gasteiger partial charge in [-0.3, -0.25) is 9.59 Å². The fourth-order valence-electron chi connectivity index (χ4n) is 4.30. The topological polar surface area (TPSA) is 108 Å². The number of rotatable bonds is 8. The summed E-state index contributed by atoms with van der Waals surface area (Å²) in [6.07, 6.45) is -0.829. The number of carbonyl (C=O) groups is 3. The number of aryl methyl sites for hydroxylation is 1. The van der Waals surface area contributed by atoms with Gasteiger partial charge < -0.3 is 25.4 Å². The Morgan fingerprint density at radius 1 is 0.974 bits per heavy atom. The van der Waals surface area contributed by atoms with Crippen LogP contribution in [0.15, 0.2) is 60.7 Å². The third-order valence-electron chi connectivity index (χ3n) is 6.31. The summed E-state index contributed by atoms with van der Waals surface area (Å²) in [6, 6.07) is 16.8. The minimum absolute atomic E-state index is 0.161. The van der Waals surface area contributed by atoms with Crippen molar-refractivity contribution in [3.8, 4) is 0 Å². The van der Waals surface area contributed by atoms with Crippen molar-refractivity contribution in [1.29, 1.82) is 0 Å². The number of aliphatic hydroxyl groups excluding tert-OH is 1. The molecule has 202 valence electrons. The van der Waals surface area contributed by atoms with Gasteiger partial charge in [0.25, 0.3) is 5.91 Å². The number of carbonyl (C=O) groups excluding carboxylic acids is 3. The number of ether oxygens (including phenoxy) is 1. The Bertz CT molecular complexity index is 1310. The maximum atomic E-state index is 13.9. The molecule has 0 aliphatic carbocycles. The lowest BCUT2D eigenvalue weighted by atomic mass is 9.95. The molecule has 8 heteroatoms. The molecule has 3 aromatic rings. The van der Waals surface area contributed by atoms with Crippen LogP contribution in [-0.2, 0) is 14.3 Å². The molecule has 0 radical (unpaired) electrons. The SMILES string of the molecule is CCN(C(=O)C(CO)NC(=O)OC(C)(C)C)C(C(=O)Nc1ccc2ccccc2c1)c1cccc(C)c1C. The van der Waals surface area contributed by atoms with Crippen molar-refractivity contribution < 1.29 is 24.2 Å². The first-order valence-corrected chi connectivity index (χ1v) is 12.7. The van der Waals surface area contributed by atoms with Gasteiger partial charge >= 0.3 is 6.09 Å². The zero-order chi connectivity index (χ0) is 28.0. The van der Waals surface area contributed by atoms with Gasteiger partial charge in [0.15, 0.2) is 0 Å². The number of fused-ring (bicyclic) bond motifs is 1. The number of amides is 3. The summed E-state index contributed by atoms with van der Waals surface area (Å²) >= 11 is 0.